The van der Waals surface area contributed by atoms with Gasteiger partial charge in [-0.05, 0) is 62.1 Å². The van der Waals surface area contributed by atoms with Gasteiger partial charge < -0.3 is 15.8 Å². The van der Waals surface area contributed by atoms with Crippen molar-refractivity contribution in [2.24, 2.45) is 16.6 Å². The van der Waals surface area contributed by atoms with Crippen molar-refractivity contribution < 1.29 is 9.53 Å². The molecule has 1 aliphatic heterocycles. The molecule has 3 atom stereocenters. The van der Waals surface area contributed by atoms with Crippen molar-refractivity contribution in [2.45, 2.75) is 44.8 Å². The lowest BCUT2D eigenvalue weighted by Gasteiger charge is -2.34. The predicted molar refractivity (Wildman–Crippen MR) is 128 cm³/mol. The number of carbonyl (C=O) groups excluding carboxylic acids is 1. The first kappa shape index (κ1) is 21.8. The van der Waals surface area contributed by atoms with E-state index in [1.54, 1.807) is 12.4 Å². The zero-order valence-corrected chi connectivity index (χ0v) is 18.3. The van der Waals surface area contributed by atoms with Gasteiger partial charge in [-0.25, -0.2) is 4.99 Å². The fourth-order valence-corrected chi connectivity index (χ4v) is 4.39. The zero-order valence-electron chi connectivity index (χ0n) is 18.3. The van der Waals surface area contributed by atoms with Gasteiger partial charge in [-0.15, -0.1) is 0 Å². The van der Waals surface area contributed by atoms with Crippen molar-refractivity contribution in [3.63, 3.8) is 0 Å². The van der Waals surface area contributed by atoms with Gasteiger partial charge in [0.2, 0.25) is 0 Å². The SMILES string of the molecule is CC=CC(=O)[C@H]1CCCC(NC2NC=NC(N)=C2c2ccc(Oc3ccccc3)cc2)C1. The summed E-state index contributed by atoms with van der Waals surface area (Å²) in [5.74, 6) is 2.33. The first-order valence-corrected chi connectivity index (χ1v) is 11.2. The van der Waals surface area contributed by atoms with Gasteiger partial charge in [-0.2, -0.15) is 0 Å². The van der Waals surface area contributed by atoms with Gasteiger partial charge in [0.1, 0.15) is 23.5 Å². The van der Waals surface area contributed by atoms with Crippen LogP contribution in [-0.2, 0) is 4.79 Å². The largest absolute Gasteiger partial charge is 0.457 e. The second-order valence-corrected chi connectivity index (χ2v) is 8.23. The van der Waals surface area contributed by atoms with Crippen molar-refractivity contribution in [3.05, 3.63) is 78.1 Å². The number of ether oxygens (including phenoxy) is 1. The first-order chi connectivity index (χ1) is 15.6. The van der Waals surface area contributed by atoms with Crippen LogP contribution in [0.1, 0.15) is 38.2 Å². The minimum atomic E-state index is -0.172. The summed E-state index contributed by atoms with van der Waals surface area (Å²) in [6.45, 7) is 1.89. The molecule has 4 N–H and O–H groups in total. The molecule has 0 amide bonds. The van der Waals surface area contributed by atoms with E-state index in [-0.39, 0.29) is 23.9 Å². The monoisotopic (exact) mass is 430 g/mol. The number of hydrogen-bond donors (Lipinski definition) is 3. The summed E-state index contributed by atoms with van der Waals surface area (Å²) in [5, 5.41) is 6.97. The van der Waals surface area contributed by atoms with E-state index in [9.17, 15) is 4.79 Å². The number of allylic oxidation sites excluding steroid dienone is 2. The molecular formula is C26H30N4O2. The Morgan fingerprint density at radius 2 is 1.88 bits per heavy atom. The number of nitrogens with two attached hydrogens (primary N) is 1. The van der Waals surface area contributed by atoms with E-state index >= 15 is 0 Å². The fourth-order valence-electron chi connectivity index (χ4n) is 4.39. The Balaban J connectivity index is 1.47. The number of carbonyl (C=O) groups is 1. The van der Waals surface area contributed by atoms with Crippen molar-refractivity contribution >= 4 is 17.7 Å². The smallest absolute Gasteiger partial charge is 0.158 e. The first-order valence-electron chi connectivity index (χ1n) is 11.2. The summed E-state index contributed by atoms with van der Waals surface area (Å²) in [6, 6.07) is 17.8. The second-order valence-electron chi connectivity index (χ2n) is 8.23. The fraction of sp³-hybridized carbons (Fsp3) is 0.308. The highest BCUT2D eigenvalue weighted by molar-refractivity contribution is 5.91. The Morgan fingerprint density at radius 1 is 1.12 bits per heavy atom. The van der Waals surface area contributed by atoms with Crippen LogP contribution >= 0.6 is 0 Å². The summed E-state index contributed by atoms with van der Waals surface area (Å²) in [4.78, 5) is 16.6. The number of hydrogen-bond acceptors (Lipinski definition) is 6. The molecular weight excluding hydrogens is 400 g/mol. The number of aliphatic imine (C=N–C) groups is 1. The van der Waals surface area contributed by atoms with E-state index in [4.69, 9.17) is 10.5 Å². The molecule has 166 valence electrons. The molecule has 0 spiro atoms. The van der Waals surface area contributed by atoms with Gasteiger partial charge in [0, 0.05) is 17.5 Å². The maximum atomic E-state index is 12.3. The molecule has 32 heavy (non-hydrogen) atoms. The Morgan fingerprint density at radius 3 is 2.62 bits per heavy atom. The summed E-state index contributed by atoms with van der Waals surface area (Å²) in [7, 11) is 0. The molecule has 1 fully saturated rings. The maximum Gasteiger partial charge on any atom is 0.158 e. The van der Waals surface area contributed by atoms with Gasteiger partial charge in [0.25, 0.3) is 0 Å². The predicted octanol–water partition coefficient (Wildman–Crippen LogP) is 4.36. The van der Waals surface area contributed by atoms with E-state index in [0.717, 1.165) is 48.3 Å². The lowest BCUT2D eigenvalue weighted by atomic mass is 9.82. The van der Waals surface area contributed by atoms with Crippen LogP contribution in [0.3, 0.4) is 0 Å². The van der Waals surface area contributed by atoms with Crippen LogP contribution < -0.4 is 21.1 Å². The third-order valence-electron chi connectivity index (χ3n) is 5.96. The number of ketones is 1. The highest BCUT2D eigenvalue weighted by atomic mass is 16.5. The summed E-state index contributed by atoms with van der Waals surface area (Å²) in [5.41, 5.74) is 8.17. The van der Waals surface area contributed by atoms with Crippen LogP contribution in [0.15, 0.2) is 77.6 Å². The third-order valence-corrected chi connectivity index (χ3v) is 5.96. The molecule has 2 aliphatic rings. The average molecular weight is 431 g/mol. The third kappa shape index (κ3) is 5.26. The molecule has 1 saturated carbocycles. The topological polar surface area (TPSA) is 88.7 Å². The molecule has 2 aromatic rings. The van der Waals surface area contributed by atoms with Crippen LogP contribution in [0.5, 0.6) is 11.5 Å². The number of nitrogens with one attached hydrogen (secondary N) is 2. The summed E-state index contributed by atoms with van der Waals surface area (Å²) < 4.78 is 5.90. The van der Waals surface area contributed by atoms with E-state index in [0.29, 0.717) is 5.82 Å². The van der Waals surface area contributed by atoms with Gasteiger partial charge in [0.15, 0.2) is 5.78 Å². The lowest BCUT2D eigenvalue weighted by Crippen LogP contribution is -2.51. The van der Waals surface area contributed by atoms with Crippen LogP contribution in [-0.4, -0.2) is 24.3 Å². The van der Waals surface area contributed by atoms with Crippen molar-refractivity contribution in [3.8, 4) is 11.5 Å². The Labute approximate surface area is 189 Å². The molecule has 6 heteroatoms. The number of para-hydroxylation sites is 1. The Hall–Kier alpha value is -3.38. The van der Waals surface area contributed by atoms with Gasteiger partial charge >= 0.3 is 0 Å². The van der Waals surface area contributed by atoms with E-state index in [1.165, 1.54) is 0 Å². The standard InChI is InChI=1S/C26H30N4O2/c1-2-7-23(31)19-8-6-9-20(16-19)30-26-24(25(27)28-17-29-26)18-12-14-22(15-13-18)32-21-10-4-3-5-11-21/h2-5,7,10-15,17,19-20,26,30H,6,8-9,16,27H2,1H3,(H,28,29)/t19-,20?,26?/m0/s1. The van der Waals surface area contributed by atoms with Crippen LogP contribution in [0.25, 0.3) is 5.57 Å². The highest BCUT2D eigenvalue weighted by Gasteiger charge is 2.30. The summed E-state index contributed by atoms with van der Waals surface area (Å²) >= 11 is 0. The molecule has 1 aliphatic carbocycles. The minimum Gasteiger partial charge on any atom is -0.457 e. The molecule has 1 heterocycles. The molecule has 2 unspecified atom stereocenters. The Kier molecular flexibility index (Phi) is 7.02. The van der Waals surface area contributed by atoms with E-state index < -0.39 is 0 Å². The molecule has 0 radical (unpaired) electrons. The normalized spacial score (nSPS) is 23.2. The van der Waals surface area contributed by atoms with Crippen molar-refractivity contribution in [1.29, 1.82) is 0 Å². The van der Waals surface area contributed by atoms with Gasteiger partial charge in [-0.3, -0.25) is 10.1 Å². The molecule has 0 bridgehead atoms. The molecule has 4 rings (SSSR count). The van der Waals surface area contributed by atoms with Gasteiger partial charge in [-0.1, -0.05) is 42.8 Å². The number of benzene rings is 2. The van der Waals surface area contributed by atoms with E-state index in [1.807, 2.05) is 67.6 Å². The quantitative estimate of drug-likeness (QED) is 0.568. The molecule has 0 aromatic heterocycles. The highest BCUT2D eigenvalue weighted by Crippen LogP contribution is 2.30. The maximum absolute atomic E-state index is 12.3. The lowest BCUT2D eigenvalue weighted by molar-refractivity contribution is -0.119. The Bertz CT molecular complexity index is 1010. The van der Waals surface area contributed by atoms with Crippen molar-refractivity contribution in [2.75, 3.05) is 0 Å². The number of nitrogens with zero attached hydrogens (tertiary/aromatic N) is 1. The summed E-state index contributed by atoms with van der Waals surface area (Å²) in [6.07, 6.45) is 8.83. The van der Waals surface area contributed by atoms with Crippen LogP contribution in [0, 0.1) is 5.92 Å². The second kappa shape index (κ2) is 10.3. The molecule has 2 aromatic carbocycles. The zero-order chi connectivity index (χ0) is 22.3. The molecule has 0 saturated heterocycles. The van der Waals surface area contributed by atoms with Crippen LogP contribution in [0.2, 0.25) is 0 Å². The van der Waals surface area contributed by atoms with Crippen LogP contribution in [0.4, 0.5) is 0 Å². The average Bonchev–Trinajstić information content (AvgIpc) is 2.81. The molecule has 6 nitrogen and oxygen atoms in total. The van der Waals surface area contributed by atoms with Gasteiger partial charge in [0.05, 0.1) is 6.34 Å². The van der Waals surface area contributed by atoms with E-state index in [2.05, 4.69) is 15.6 Å². The number of rotatable bonds is 7. The van der Waals surface area contributed by atoms with Crippen molar-refractivity contribution in [1.82, 2.24) is 10.6 Å². The minimum absolute atomic E-state index is 0.0777.